The Morgan fingerprint density at radius 3 is 2.50 bits per heavy atom. The van der Waals surface area contributed by atoms with Crippen LogP contribution in [0, 0.1) is 0 Å². The maximum atomic E-state index is 4.36. The quantitative estimate of drug-likeness (QED) is 0.361. The van der Waals surface area contributed by atoms with Crippen LogP contribution in [0.5, 0.6) is 0 Å². The summed E-state index contributed by atoms with van der Waals surface area (Å²) >= 11 is 4.13. The molecule has 2 aliphatic rings. The minimum absolute atomic E-state index is 0. The van der Waals surface area contributed by atoms with Crippen molar-refractivity contribution in [3.8, 4) is 0 Å². The molecule has 1 unspecified atom stereocenters. The second-order valence-electron chi connectivity index (χ2n) is 6.95. The van der Waals surface area contributed by atoms with E-state index in [9.17, 15) is 0 Å². The van der Waals surface area contributed by atoms with Gasteiger partial charge in [-0.25, -0.2) is 0 Å². The second-order valence-corrected chi connectivity index (χ2v) is 9.85. The molecule has 2 aliphatic heterocycles. The number of thioether (sulfide) groups is 2. The van der Waals surface area contributed by atoms with Gasteiger partial charge in [0.05, 0.1) is 0 Å². The monoisotopic (exact) mass is 506 g/mol. The number of aliphatic imine (C=N–C) groups is 1. The number of halogens is 1. The van der Waals surface area contributed by atoms with Gasteiger partial charge in [-0.1, -0.05) is 12.1 Å². The molecule has 2 saturated heterocycles. The van der Waals surface area contributed by atoms with E-state index < -0.39 is 0 Å². The molecule has 2 N–H and O–H groups in total. The molecule has 0 saturated carbocycles. The van der Waals surface area contributed by atoms with Crippen LogP contribution in [0.1, 0.15) is 25.3 Å². The normalized spacial score (nSPS) is 23.5. The molecule has 1 atom stereocenters. The predicted octanol–water partition coefficient (Wildman–Crippen LogP) is 3.81. The minimum atomic E-state index is 0. The Kier molecular flexibility index (Phi) is 9.23. The average Bonchev–Trinajstić information content (AvgIpc) is 3.10. The number of hydrogen-bond acceptors (Lipinski definition) is 4. The van der Waals surface area contributed by atoms with Crippen molar-refractivity contribution in [1.29, 1.82) is 0 Å². The minimum Gasteiger partial charge on any atom is -0.370 e. The van der Waals surface area contributed by atoms with Crippen molar-refractivity contribution in [2.75, 3.05) is 48.8 Å². The number of nitrogens with one attached hydrogen (secondary N) is 2. The highest BCUT2D eigenvalue weighted by Crippen LogP contribution is 2.36. The van der Waals surface area contributed by atoms with Crippen LogP contribution in [-0.2, 0) is 6.54 Å². The molecule has 0 aromatic heterocycles. The molecule has 26 heavy (non-hydrogen) atoms. The highest BCUT2D eigenvalue weighted by Gasteiger charge is 2.29. The third-order valence-corrected chi connectivity index (χ3v) is 7.41. The zero-order valence-electron chi connectivity index (χ0n) is 15.8. The maximum Gasteiger partial charge on any atom is 0.191 e. The second kappa shape index (κ2) is 10.9. The zero-order valence-corrected chi connectivity index (χ0v) is 19.8. The largest absolute Gasteiger partial charge is 0.370 e. The van der Waals surface area contributed by atoms with Gasteiger partial charge < -0.3 is 15.5 Å². The van der Waals surface area contributed by atoms with E-state index in [1.807, 2.05) is 7.05 Å². The molecule has 3 rings (SSSR count). The van der Waals surface area contributed by atoms with Crippen molar-refractivity contribution in [3.05, 3.63) is 29.8 Å². The van der Waals surface area contributed by atoms with Crippen molar-refractivity contribution in [1.82, 2.24) is 10.6 Å². The maximum absolute atomic E-state index is 4.36. The number of benzene rings is 1. The van der Waals surface area contributed by atoms with Gasteiger partial charge in [0, 0.05) is 55.2 Å². The van der Waals surface area contributed by atoms with E-state index in [-0.39, 0.29) is 24.0 Å². The lowest BCUT2D eigenvalue weighted by molar-refractivity contribution is 0.584. The van der Waals surface area contributed by atoms with Crippen LogP contribution in [0.4, 0.5) is 5.69 Å². The number of hydrogen-bond donors (Lipinski definition) is 2. The van der Waals surface area contributed by atoms with Crippen molar-refractivity contribution in [3.63, 3.8) is 0 Å². The van der Waals surface area contributed by atoms with E-state index in [1.54, 1.807) is 0 Å². The van der Waals surface area contributed by atoms with Crippen molar-refractivity contribution >= 4 is 59.1 Å². The topological polar surface area (TPSA) is 39.7 Å². The Morgan fingerprint density at radius 2 is 1.88 bits per heavy atom. The first-order chi connectivity index (χ1) is 12.2. The van der Waals surface area contributed by atoms with Crippen LogP contribution in [-0.4, -0.2) is 54.6 Å². The Morgan fingerprint density at radius 1 is 1.15 bits per heavy atom. The summed E-state index contributed by atoms with van der Waals surface area (Å²) in [7, 11) is 1.84. The Bertz CT molecular complexity index is 567. The lowest BCUT2D eigenvalue weighted by Gasteiger charge is -2.28. The lowest BCUT2D eigenvalue weighted by Crippen LogP contribution is -2.43. The lowest BCUT2D eigenvalue weighted by atomic mass is 10.1. The van der Waals surface area contributed by atoms with Crippen LogP contribution in [0.2, 0.25) is 0 Å². The van der Waals surface area contributed by atoms with Crippen LogP contribution in [0.15, 0.2) is 29.3 Å². The summed E-state index contributed by atoms with van der Waals surface area (Å²) in [5.74, 6) is 4.66. The molecule has 0 amide bonds. The Balaban J connectivity index is 0.00000243. The molecule has 7 heteroatoms. The summed E-state index contributed by atoms with van der Waals surface area (Å²) in [6, 6.07) is 8.95. The molecular weight excluding hydrogens is 475 g/mol. The smallest absolute Gasteiger partial charge is 0.191 e. The first-order valence-corrected chi connectivity index (χ1v) is 11.3. The first kappa shape index (κ1) is 22.0. The molecule has 0 bridgehead atoms. The van der Waals surface area contributed by atoms with Gasteiger partial charge in [0.1, 0.15) is 0 Å². The van der Waals surface area contributed by atoms with Gasteiger partial charge >= 0.3 is 0 Å². The molecule has 4 nitrogen and oxygen atoms in total. The van der Waals surface area contributed by atoms with Crippen LogP contribution in [0.3, 0.4) is 0 Å². The number of guanidine groups is 1. The molecule has 0 aliphatic carbocycles. The summed E-state index contributed by atoms with van der Waals surface area (Å²) < 4.78 is 0.353. The van der Waals surface area contributed by atoms with Crippen molar-refractivity contribution in [2.45, 2.75) is 31.1 Å². The van der Waals surface area contributed by atoms with Gasteiger partial charge in [-0.2, -0.15) is 23.5 Å². The summed E-state index contributed by atoms with van der Waals surface area (Å²) in [6.45, 7) is 6.46. The molecule has 1 aromatic carbocycles. The number of rotatable bonds is 5. The van der Waals surface area contributed by atoms with Gasteiger partial charge in [0.15, 0.2) is 5.96 Å². The molecule has 1 aromatic rings. The van der Waals surface area contributed by atoms with Gasteiger partial charge in [-0.15, -0.1) is 24.0 Å². The van der Waals surface area contributed by atoms with E-state index in [0.29, 0.717) is 4.75 Å². The fourth-order valence-electron chi connectivity index (χ4n) is 3.30. The van der Waals surface area contributed by atoms with Gasteiger partial charge in [-0.05, 0) is 43.2 Å². The molecule has 2 fully saturated rings. The van der Waals surface area contributed by atoms with E-state index >= 15 is 0 Å². The van der Waals surface area contributed by atoms with Gasteiger partial charge in [0.25, 0.3) is 0 Å². The van der Waals surface area contributed by atoms with Crippen LogP contribution >= 0.6 is 47.5 Å². The Hall–Kier alpha value is -0.280. The summed E-state index contributed by atoms with van der Waals surface area (Å²) in [6.07, 6.45) is 2.62. The van der Waals surface area contributed by atoms with Crippen LogP contribution < -0.4 is 15.5 Å². The summed E-state index contributed by atoms with van der Waals surface area (Å²) in [5, 5.41) is 6.93. The highest BCUT2D eigenvalue weighted by atomic mass is 127. The van der Waals surface area contributed by atoms with Gasteiger partial charge in [0.2, 0.25) is 0 Å². The first-order valence-electron chi connectivity index (χ1n) is 9.19. The van der Waals surface area contributed by atoms with E-state index in [4.69, 9.17) is 0 Å². The highest BCUT2D eigenvalue weighted by molar-refractivity contribution is 14.0. The number of anilines is 1. The zero-order chi connectivity index (χ0) is 17.5. The van der Waals surface area contributed by atoms with E-state index in [0.717, 1.165) is 32.1 Å². The molecule has 146 valence electrons. The molecule has 0 spiro atoms. The molecule has 2 heterocycles. The molecule has 0 radical (unpaired) electrons. The summed E-state index contributed by atoms with van der Waals surface area (Å²) in [5.41, 5.74) is 2.64. The SMILES string of the molecule is CN=C(NCc1ccc(N2CCSCC2)cc1)NCC1(C)CCCS1.I. The third kappa shape index (κ3) is 6.41. The van der Waals surface area contributed by atoms with E-state index in [2.05, 4.69) is 75.2 Å². The van der Waals surface area contributed by atoms with E-state index in [1.165, 1.54) is 41.4 Å². The van der Waals surface area contributed by atoms with Gasteiger partial charge in [-0.3, -0.25) is 4.99 Å². The third-order valence-electron chi connectivity index (χ3n) is 4.93. The van der Waals surface area contributed by atoms with Crippen molar-refractivity contribution < 1.29 is 0 Å². The van der Waals surface area contributed by atoms with Crippen LogP contribution in [0.25, 0.3) is 0 Å². The Labute approximate surface area is 183 Å². The standard InChI is InChI=1S/C19H30N4S2.HI/c1-19(8-3-11-25-19)15-22-18(20-2)21-14-16-4-6-17(7-5-16)23-9-12-24-13-10-23;/h4-7H,3,8-15H2,1-2H3,(H2,20,21,22);1H. The average molecular weight is 507 g/mol. The predicted molar refractivity (Wildman–Crippen MR) is 130 cm³/mol. The van der Waals surface area contributed by atoms with Crippen molar-refractivity contribution in [2.24, 2.45) is 4.99 Å². The fourth-order valence-corrected chi connectivity index (χ4v) is 5.45. The molecular formula is C19H31IN4S2. The fraction of sp³-hybridized carbons (Fsp3) is 0.632. The summed E-state index contributed by atoms with van der Waals surface area (Å²) in [4.78, 5) is 6.84. The number of nitrogens with zero attached hydrogens (tertiary/aromatic N) is 2.